The molecule has 50 heavy (non-hydrogen) atoms. The molecule has 0 radical (unpaired) electrons. The van der Waals surface area contributed by atoms with Crippen LogP contribution < -0.4 is 0 Å². The molecule has 9 heteroatoms. The van der Waals surface area contributed by atoms with Gasteiger partial charge in [0.05, 0.1) is 6.61 Å². The number of phosphoric ester groups is 1. The second-order valence-corrected chi connectivity index (χ2v) is 13.4. The van der Waals surface area contributed by atoms with E-state index in [1.165, 1.54) is 25.7 Å². The maximum absolute atomic E-state index is 12.3. The van der Waals surface area contributed by atoms with Crippen LogP contribution in [0.2, 0.25) is 0 Å². The van der Waals surface area contributed by atoms with Crippen molar-refractivity contribution in [1.29, 1.82) is 0 Å². The number of rotatable bonds is 33. The number of unbranched alkanes of at least 4 members (excludes halogenated alkanes) is 9. The third-order valence-electron chi connectivity index (χ3n) is 7.40. The molecule has 0 saturated heterocycles. The average Bonchev–Trinajstić information content (AvgIpc) is 3.08. The lowest BCUT2D eigenvalue weighted by atomic mass is 10.1. The zero-order valence-corrected chi connectivity index (χ0v) is 31.9. The highest BCUT2D eigenvalue weighted by atomic mass is 31.2. The highest BCUT2D eigenvalue weighted by molar-refractivity contribution is 7.46. The largest absolute Gasteiger partial charge is 0.469 e. The molecule has 1 atom stereocenters. The number of allylic oxidation sites excluding steroid dienone is 14. The number of carbonyl (C=O) groups is 2. The molecule has 0 aromatic rings. The van der Waals surface area contributed by atoms with Crippen molar-refractivity contribution < 1.29 is 37.9 Å². The fourth-order valence-corrected chi connectivity index (χ4v) is 4.97. The number of phosphoric acid groups is 1. The Bertz CT molecular complexity index is 1080. The zero-order valence-electron chi connectivity index (χ0n) is 31.0. The molecule has 0 rings (SSSR count). The molecule has 0 aliphatic carbocycles. The van der Waals surface area contributed by atoms with E-state index in [2.05, 4.69) is 91.3 Å². The second kappa shape index (κ2) is 36.0. The molecule has 0 amide bonds. The van der Waals surface area contributed by atoms with Crippen molar-refractivity contribution in [3.63, 3.8) is 0 Å². The monoisotopic (exact) mass is 718 g/mol. The normalized spacial score (nSPS) is 13.4. The van der Waals surface area contributed by atoms with Crippen LogP contribution in [0.5, 0.6) is 0 Å². The standard InChI is InChI=1S/C41H67O8P/c1-3-5-7-9-11-13-15-17-19-20-22-24-26-28-30-32-34-36-41(43)49-39(38-48-50(44,45)46)37-47-40(42)35-33-31-29-27-25-23-21-18-16-14-12-10-8-6-4-2/h5,7,11-14,17-19,21-22,24,28,30,39H,3-4,6,8-10,15-16,20,23,25-27,29,31-38H2,1-2H3,(H2,44,45,46)/b7-5+,13-11+,14-12+,19-17+,21-18+,24-22+,30-28+/t39-/m1/s1. The van der Waals surface area contributed by atoms with Crippen LogP contribution in [-0.2, 0) is 28.2 Å². The van der Waals surface area contributed by atoms with Crippen molar-refractivity contribution in [2.75, 3.05) is 13.2 Å². The third kappa shape index (κ3) is 38.0. The molecule has 0 aromatic heterocycles. The lowest BCUT2D eigenvalue weighted by Gasteiger charge is -2.18. The minimum absolute atomic E-state index is 0.126. The van der Waals surface area contributed by atoms with E-state index in [0.717, 1.165) is 70.6 Å². The van der Waals surface area contributed by atoms with Crippen LogP contribution in [0.1, 0.15) is 142 Å². The molecule has 0 unspecified atom stereocenters. The Morgan fingerprint density at radius 3 is 1.50 bits per heavy atom. The Hall–Kier alpha value is -2.77. The summed E-state index contributed by atoms with van der Waals surface area (Å²) in [6.07, 6.45) is 47.3. The Labute approximate surface area is 303 Å². The molecular formula is C41H67O8P. The molecule has 0 aliphatic heterocycles. The van der Waals surface area contributed by atoms with Crippen molar-refractivity contribution >= 4 is 19.8 Å². The predicted octanol–water partition coefficient (Wildman–Crippen LogP) is 11.3. The van der Waals surface area contributed by atoms with Crippen LogP contribution in [0.15, 0.2) is 85.1 Å². The topological polar surface area (TPSA) is 119 Å². The SMILES string of the molecule is CC/C=C/C/C=C/C/C=C/C/C=C/C/C=C/CCCC(=O)O[C@H](COC(=O)CCCCCCC/C=C/C/C=C/CCCCC)COP(=O)(O)O. The van der Waals surface area contributed by atoms with E-state index in [9.17, 15) is 14.2 Å². The molecule has 0 heterocycles. The Morgan fingerprint density at radius 1 is 0.540 bits per heavy atom. The van der Waals surface area contributed by atoms with Crippen molar-refractivity contribution in [2.45, 2.75) is 148 Å². The summed E-state index contributed by atoms with van der Waals surface area (Å²) < 4.78 is 26.2. The van der Waals surface area contributed by atoms with Gasteiger partial charge < -0.3 is 19.3 Å². The van der Waals surface area contributed by atoms with E-state index in [4.69, 9.17) is 19.3 Å². The highest BCUT2D eigenvalue weighted by Crippen LogP contribution is 2.35. The fraction of sp³-hybridized carbons (Fsp3) is 0.610. The fourth-order valence-electron chi connectivity index (χ4n) is 4.61. The number of esters is 2. The molecule has 0 aliphatic rings. The lowest BCUT2D eigenvalue weighted by molar-refractivity contribution is -0.161. The van der Waals surface area contributed by atoms with Gasteiger partial charge in [0.2, 0.25) is 0 Å². The minimum Gasteiger partial charge on any atom is -0.462 e. The van der Waals surface area contributed by atoms with Gasteiger partial charge in [0.1, 0.15) is 6.61 Å². The summed E-state index contributed by atoms with van der Waals surface area (Å²) in [5, 5.41) is 0. The quantitative estimate of drug-likeness (QED) is 0.0298. The van der Waals surface area contributed by atoms with Crippen molar-refractivity contribution in [3.8, 4) is 0 Å². The highest BCUT2D eigenvalue weighted by Gasteiger charge is 2.22. The van der Waals surface area contributed by atoms with Gasteiger partial charge in [0, 0.05) is 12.8 Å². The lowest BCUT2D eigenvalue weighted by Crippen LogP contribution is -2.29. The molecule has 0 bridgehead atoms. The third-order valence-corrected chi connectivity index (χ3v) is 7.88. The van der Waals surface area contributed by atoms with Crippen molar-refractivity contribution in [3.05, 3.63) is 85.1 Å². The molecule has 8 nitrogen and oxygen atoms in total. The summed E-state index contributed by atoms with van der Waals surface area (Å²) in [4.78, 5) is 42.7. The van der Waals surface area contributed by atoms with Gasteiger partial charge >= 0.3 is 19.8 Å². The maximum atomic E-state index is 12.3. The summed E-state index contributed by atoms with van der Waals surface area (Å²) in [7, 11) is -4.77. The maximum Gasteiger partial charge on any atom is 0.469 e. The molecule has 0 saturated carbocycles. The van der Waals surface area contributed by atoms with E-state index in [-0.39, 0.29) is 19.4 Å². The summed E-state index contributed by atoms with van der Waals surface area (Å²) in [6.45, 7) is 3.46. The Kier molecular flexibility index (Phi) is 34.0. The number of hydrogen-bond acceptors (Lipinski definition) is 6. The van der Waals surface area contributed by atoms with E-state index in [1.54, 1.807) is 0 Å². The number of carbonyl (C=O) groups excluding carboxylic acids is 2. The molecule has 0 spiro atoms. The van der Waals surface area contributed by atoms with Gasteiger partial charge in [-0.3, -0.25) is 14.1 Å². The first-order chi connectivity index (χ1) is 24.3. The second-order valence-electron chi connectivity index (χ2n) is 12.2. The van der Waals surface area contributed by atoms with Crippen LogP contribution in [0.25, 0.3) is 0 Å². The van der Waals surface area contributed by atoms with E-state index in [0.29, 0.717) is 19.3 Å². The Morgan fingerprint density at radius 2 is 0.980 bits per heavy atom. The van der Waals surface area contributed by atoms with Crippen LogP contribution in [0.4, 0.5) is 0 Å². The van der Waals surface area contributed by atoms with Gasteiger partial charge in [-0.2, -0.15) is 0 Å². The van der Waals surface area contributed by atoms with E-state index in [1.807, 2.05) is 12.2 Å². The Balaban J connectivity index is 4.13. The first kappa shape index (κ1) is 47.2. The summed E-state index contributed by atoms with van der Waals surface area (Å²) in [5.41, 5.74) is 0. The van der Waals surface area contributed by atoms with Crippen LogP contribution in [-0.4, -0.2) is 41.0 Å². The van der Waals surface area contributed by atoms with Gasteiger partial charge in [-0.25, -0.2) is 4.57 Å². The van der Waals surface area contributed by atoms with E-state index < -0.39 is 32.5 Å². The molecular weight excluding hydrogens is 651 g/mol. The van der Waals surface area contributed by atoms with Gasteiger partial charge in [-0.15, -0.1) is 0 Å². The summed E-state index contributed by atoms with van der Waals surface area (Å²) >= 11 is 0. The van der Waals surface area contributed by atoms with Crippen LogP contribution in [0, 0.1) is 0 Å². The minimum atomic E-state index is -4.77. The van der Waals surface area contributed by atoms with Crippen molar-refractivity contribution in [2.24, 2.45) is 0 Å². The van der Waals surface area contributed by atoms with Gasteiger partial charge in [-0.1, -0.05) is 131 Å². The van der Waals surface area contributed by atoms with Crippen molar-refractivity contribution in [1.82, 2.24) is 0 Å². The predicted molar refractivity (Wildman–Crippen MR) is 207 cm³/mol. The molecule has 0 aromatic carbocycles. The number of ether oxygens (including phenoxy) is 2. The van der Waals surface area contributed by atoms with E-state index >= 15 is 0 Å². The summed E-state index contributed by atoms with van der Waals surface area (Å²) in [6, 6.07) is 0. The van der Waals surface area contributed by atoms with Crippen LogP contribution in [0.3, 0.4) is 0 Å². The molecule has 284 valence electrons. The average molecular weight is 719 g/mol. The number of hydrogen-bond donors (Lipinski definition) is 2. The molecule has 2 N–H and O–H groups in total. The van der Waals surface area contributed by atoms with Gasteiger partial charge in [-0.05, 0) is 83.5 Å². The first-order valence-corrected chi connectivity index (χ1v) is 20.4. The van der Waals surface area contributed by atoms with Crippen LogP contribution >= 0.6 is 7.82 Å². The molecule has 0 fully saturated rings. The first-order valence-electron chi connectivity index (χ1n) is 18.9. The zero-order chi connectivity index (χ0) is 36.8. The smallest absolute Gasteiger partial charge is 0.462 e. The van der Waals surface area contributed by atoms with Gasteiger partial charge in [0.25, 0.3) is 0 Å². The summed E-state index contributed by atoms with van der Waals surface area (Å²) in [5.74, 6) is -0.979. The van der Waals surface area contributed by atoms with Gasteiger partial charge in [0.15, 0.2) is 6.10 Å².